The van der Waals surface area contributed by atoms with Crippen LogP contribution < -0.4 is 26.3 Å². The summed E-state index contributed by atoms with van der Waals surface area (Å²) in [6, 6.07) is 8.70. The number of amides is 4. The first-order chi connectivity index (χ1) is 25.6. The summed E-state index contributed by atoms with van der Waals surface area (Å²) in [4.78, 5) is 70.9. The molecule has 2 fully saturated rings. The van der Waals surface area contributed by atoms with E-state index in [0.717, 1.165) is 43.7 Å². The number of rotatable bonds is 16. The fraction of sp³-hybridized carbons (Fsp3) is 0.564. The van der Waals surface area contributed by atoms with Crippen molar-refractivity contribution >= 4 is 29.8 Å². The average molecular weight is 756 g/mol. The van der Waals surface area contributed by atoms with Gasteiger partial charge in [0.2, 0.25) is 5.91 Å². The number of ether oxygens (including phenoxy) is 2. The smallest absolute Gasteiger partial charge is 0.410 e. The monoisotopic (exact) mass is 755 g/mol. The summed E-state index contributed by atoms with van der Waals surface area (Å²) in [5.74, 6) is -2.10. The standard InChI is InChI=1S/C39H51F2N5O8/c1-24(47)32(43-36(50)53-38(2,3)4)17-9-7-5-6-8-13-26-20-39(26,35(49)45-54-28-15-11-14-27(40)18-28)44-34(48)33-19-29(21-42-33)52-37(51)46-22-25-12-10-16-31(41)30(25)23-46/h10-12,14-16,18,26,29,32-33,42H,5-9,13,17,19-23H2,1-4H3,(H,43,50)(H,44,48)(H,45,49)/t26-,29-,32+,33+,39-/m1/s1. The molecule has 1 saturated carbocycles. The first-order valence-electron chi connectivity index (χ1n) is 18.6. The number of ketones is 1. The van der Waals surface area contributed by atoms with Gasteiger partial charge in [0.15, 0.2) is 11.5 Å². The zero-order valence-electron chi connectivity index (χ0n) is 31.3. The van der Waals surface area contributed by atoms with Crippen LogP contribution in [0.3, 0.4) is 0 Å². The number of hydrogen-bond donors (Lipinski definition) is 4. The second-order valence-corrected chi connectivity index (χ2v) is 15.4. The molecule has 1 aliphatic carbocycles. The predicted octanol–water partition coefficient (Wildman–Crippen LogP) is 5.35. The van der Waals surface area contributed by atoms with Crippen molar-refractivity contribution in [2.75, 3.05) is 6.54 Å². The minimum Gasteiger partial charge on any atom is -0.445 e. The van der Waals surface area contributed by atoms with Gasteiger partial charge in [-0.05, 0) is 76.6 Å². The summed E-state index contributed by atoms with van der Waals surface area (Å²) >= 11 is 0. The van der Waals surface area contributed by atoms with E-state index < -0.39 is 59.1 Å². The van der Waals surface area contributed by atoms with E-state index >= 15 is 0 Å². The van der Waals surface area contributed by atoms with Crippen LogP contribution >= 0.6 is 0 Å². The molecule has 0 aromatic heterocycles. The molecule has 54 heavy (non-hydrogen) atoms. The number of nitrogens with one attached hydrogen (secondary N) is 4. The van der Waals surface area contributed by atoms with E-state index in [9.17, 15) is 32.8 Å². The molecule has 3 aliphatic rings. The van der Waals surface area contributed by atoms with Crippen LogP contribution in [0.25, 0.3) is 0 Å². The Labute approximate surface area is 314 Å². The Balaban J connectivity index is 1.09. The van der Waals surface area contributed by atoms with Gasteiger partial charge in [0.1, 0.15) is 28.9 Å². The van der Waals surface area contributed by atoms with Crippen molar-refractivity contribution < 1.29 is 47.1 Å². The Morgan fingerprint density at radius 1 is 1.00 bits per heavy atom. The zero-order valence-corrected chi connectivity index (χ0v) is 31.3. The van der Waals surface area contributed by atoms with E-state index in [1.807, 2.05) is 0 Å². The van der Waals surface area contributed by atoms with Gasteiger partial charge in [-0.1, -0.05) is 50.3 Å². The molecule has 2 aliphatic heterocycles. The summed E-state index contributed by atoms with van der Waals surface area (Å²) in [6.07, 6.45) is 4.00. The Hall–Kier alpha value is -4.79. The van der Waals surface area contributed by atoms with Gasteiger partial charge in [0.25, 0.3) is 5.91 Å². The molecule has 1 saturated heterocycles. The second kappa shape index (κ2) is 17.6. The molecule has 2 aromatic rings. The van der Waals surface area contributed by atoms with Crippen LogP contribution in [-0.2, 0) is 36.9 Å². The van der Waals surface area contributed by atoms with Gasteiger partial charge in [-0.3, -0.25) is 19.3 Å². The second-order valence-electron chi connectivity index (χ2n) is 15.4. The minimum atomic E-state index is -1.24. The number of unbranched alkanes of at least 4 members (excludes halogenated alkanes) is 4. The van der Waals surface area contributed by atoms with E-state index in [2.05, 4.69) is 21.4 Å². The molecule has 15 heteroatoms. The number of carbonyl (C=O) groups is 5. The molecule has 13 nitrogen and oxygen atoms in total. The molecule has 5 atom stereocenters. The highest BCUT2D eigenvalue weighted by atomic mass is 19.1. The van der Waals surface area contributed by atoms with Gasteiger partial charge in [-0.25, -0.2) is 18.4 Å². The number of Topliss-reactive ketones (excluding diaryl/α,β-unsaturated/α-hetero) is 1. The lowest BCUT2D eigenvalue weighted by molar-refractivity contribution is -0.135. The lowest BCUT2D eigenvalue weighted by Crippen LogP contribution is -2.55. The predicted molar refractivity (Wildman–Crippen MR) is 193 cm³/mol. The number of halogens is 2. The zero-order chi connectivity index (χ0) is 39.0. The van der Waals surface area contributed by atoms with Gasteiger partial charge in [0, 0.05) is 31.1 Å². The molecule has 0 radical (unpaired) electrons. The SMILES string of the molecule is CC(=O)[C@H](CCCCCCC[C@@H]1C[C@]1(NC(=O)[C@@H]1C[C@@H](OC(=O)N2Cc3cccc(F)c3C2)CN1)C(=O)NOc1cccc(F)c1)NC(=O)OC(C)(C)C. The number of hydrogen-bond acceptors (Lipinski definition) is 9. The number of carbonyl (C=O) groups excluding carboxylic acids is 5. The number of alkyl carbamates (subject to hydrolysis) is 1. The fourth-order valence-electron chi connectivity index (χ4n) is 7.02. The summed E-state index contributed by atoms with van der Waals surface area (Å²) < 4.78 is 38.8. The maximum atomic E-state index is 14.2. The van der Waals surface area contributed by atoms with Crippen molar-refractivity contribution in [1.82, 2.24) is 26.3 Å². The molecule has 0 spiro atoms. The summed E-state index contributed by atoms with van der Waals surface area (Å²) in [6.45, 7) is 7.28. The normalized spacial score (nSPS) is 22.1. The Morgan fingerprint density at radius 3 is 2.46 bits per heavy atom. The molecular formula is C39H51F2N5O8. The van der Waals surface area contributed by atoms with Crippen LogP contribution in [0.2, 0.25) is 0 Å². The van der Waals surface area contributed by atoms with Crippen molar-refractivity contribution in [3.8, 4) is 5.75 Å². The number of nitrogens with zero attached hydrogens (tertiary/aromatic N) is 1. The fourth-order valence-corrected chi connectivity index (χ4v) is 7.02. The Bertz CT molecular complexity index is 1700. The minimum absolute atomic E-state index is 0.0984. The molecule has 0 unspecified atom stereocenters. The average Bonchev–Trinajstić information content (AvgIpc) is 3.39. The molecule has 294 valence electrons. The molecular weight excluding hydrogens is 704 g/mol. The van der Waals surface area contributed by atoms with E-state index in [-0.39, 0.29) is 49.3 Å². The Morgan fingerprint density at radius 2 is 1.74 bits per heavy atom. The summed E-state index contributed by atoms with van der Waals surface area (Å²) in [5, 5.41) is 8.66. The summed E-state index contributed by atoms with van der Waals surface area (Å²) in [7, 11) is 0. The van der Waals surface area contributed by atoms with Crippen molar-refractivity contribution in [3.63, 3.8) is 0 Å². The van der Waals surface area contributed by atoms with E-state index in [1.54, 1.807) is 32.9 Å². The van der Waals surface area contributed by atoms with Crippen LogP contribution in [0.1, 0.15) is 96.6 Å². The van der Waals surface area contributed by atoms with Crippen LogP contribution in [-0.4, -0.2) is 70.6 Å². The van der Waals surface area contributed by atoms with E-state index in [0.29, 0.717) is 24.8 Å². The lowest BCUT2D eigenvalue weighted by atomic mass is 10.0. The largest absolute Gasteiger partial charge is 0.445 e. The third-order valence-corrected chi connectivity index (χ3v) is 10.0. The van der Waals surface area contributed by atoms with Crippen LogP contribution in [0, 0.1) is 17.6 Å². The number of benzene rings is 2. The quantitative estimate of drug-likeness (QED) is 0.131. The molecule has 0 bridgehead atoms. The van der Waals surface area contributed by atoms with Crippen LogP contribution in [0.4, 0.5) is 18.4 Å². The van der Waals surface area contributed by atoms with Gasteiger partial charge < -0.3 is 30.3 Å². The third kappa shape index (κ3) is 10.9. The first kappa shape index (κ1) is 40.4. The summed E-state index contributed by atoms with van der Waals surface area (Å²) in [5.41, 5.74) is 1.67. The van der Waals surface area contributed by atoms with E-state index in [4.69, 9.17) is 14.3 Å². The highest BCUT2D eigenvalue weighted by molar-refractivity contribution is 5.95. The lowest BCUT2D eigenvalue weighted by Gasteiger charge is -2.22. The van der Waals surface area contributed by atoms with Gasteiger partial charge in [0.05, 0.1) is 18.6 Å². The third-order valence-electron chi connectivity index (χ3n) is 10.0. The molecule has 4 N–H and O–H groups in total. The van der Waals surface area contributed by atoms with Crippen LogP contribution in [0.15, 0.2) is 42.5 Å². The molecule has 4 amide bonds. The molecule has 2 aromatic carbocycles. The van der Waals surface area contributed by atoms with Gasteiger partial charge in [-0.2, -0.15) is 5.48 Å². The highest BCUT2D eigenvalue weighted by Crippen LogP contribution is 2.47. The van der Waals surface area contributed by atoms with Crippen LogP contribution in [0.5, 0.6) is 5.75 Å². The van der Waals surface area contributed by atoms with Gasteiger partial charge in [-0.15, -0.1) is 0 Å². The van der Waals surface area contributed by atoms with Crippen molar-refractivity contribution in [2.24, 2.45) is 5.92 Å². The molecule has 5 rings (SSSR count). The number of hydroxylamine groups is 1. The highest BCUT2D eigenvalue weighted by Gasteiger charge is 2.61. The first-order valence-corrected chi connectivity index (χ1v) is 18.6. The van der Waals surface area contributed by atoms with Gasteiger partial charge >= 0.3 is 12.2 Å². The van der Waals surface area contributed by atoms with E-state index in [1.165, 1.54) is 36.1 Å². The Kier molecular flexibility index (Phi) is 13.1. The van der Waals surface area contributed by atoms with Crippen molar-refractivity contribution in [2.45, 2.75) is 128 Å². The maximum absolute atomic E-state index is 14.2. The number of fused-ring (bicyclic) bond motifs is 1. The topological polar surface area (TPSA) is 164 Å². The van der Waals surface area contributed by atoms with Crippen molar-refractivity contribution in [3.05, 3.63) is 65.2 Å². The van der Waals surface area contributed by atoms with Crippen molar-refractivity contribution in [1.29, 1.82) is 0 Å². The maximum Gasteiger partial charge on any atom is 0.410 e. The molecule has 2 heterocycles.